The Hall–Kier alpha value is -3.37. The molecule has 3 rings (SSSR count). The van der Waals surface area contributed by atoms with E-state index < -0.39 is 29.4 Å². The number of halogens is 6. The van der Waals surface area contributed by atoms with Gasteiger partial charge in [-0.1, -0.05) is 31.1 Å². The van der Waals surface area contributed by atoms with Crippen molar-refractivity contribution in [1.29, 1.82) is 0 Å². The normalized spacial score (nSPS) is 12.3. The van der Waals surface area contributed by atoms with Gasteiger partial charge in [0.2, 0.25) is 11.7 Å². The molecule has 1 heterocycles. The predicted molar refractivity (Wildman–Crippen MR) is 111 cm³/mol. The SMILES string of the molecule is CC(C)CN(CCc1nc(-c2cccc(C(F)(F)F)c2)no1)C(=O)c1ccc(C(F)(F)F)cc1. The molecule has 0 saturated heterocycles. The van der Waals surface area contributed by atoms with E-state index in [4.69, 9.17) is 4.52 Å². The molecule has 0 fully saturated rings. The molecule has 5 nitrogen and oxygen atoms in total. The van der Waals surface area contributed by atoms with Crippen LogP contribution in [-0.4, -0.2) is 34.0 Å². The van der Waals surface area contributed by atoms with Crippen molar-refractivity contribution >= 4 is 5.91 Å². The minimum Gasteiger partial charge on any atom is -0.339 e. The fourth-order valence-corrected chi connectivity index (χ4v) is 3.24. The van der Waals surface area contributed by atoms with E-state index in [1.807, 2.05) is 13.8 Å². The molecule has 0 spiro atoms. The van der Waals surface area contributed by atoms with Crippen molar-refractivity contribution in [3.05, 3.63) is 71.1 Å². The lowest BCUT2D eigenvalue weighted by Crippen LogP contribution is -2.36. The van der Waals surface area contributed by atoms with Crippen LogP contribution in [0.1, 0.15) is 41.2 Å². The van der Waals surface area contributed by atoms with Crippen LogP contribution in [0.25, 0.3) is 11.4 Å². The van der Waals surface area contributed by atoms with Gasteiger partial charge in [-0.25, -0.2) is 0 Å². The van der Waals surface area contributed by atoms with Crippen LogP contribution < -0.4 is 0 Å². The summed E-state index contributed by atoms with van der Waals surface area (Å²) in [6.07, 6.45) is -8.90. The van der Waals surface area contributed by atoms with E-state index in [-0.39, 0.29) is 41.7 Å². The van der Waals surface area contributed by atoms with Crippen molar-refractivity contribution in [1.82, 2.24) is 15.0 Å². The second-order valence-electron chi connectivity index (χ2n) is 8.06. The van der Waals surface area contributed by atoms with Gasteiger partial charge >= 0.3 is 12.4 Å². The Bertz CT molecular complexity index is 1120. The Morgan fingerprint density at radius 3 is 2.21 bits per heavy atom. The lowest BCUT2D eigenvalue weighted by atomic mass is 10.1. The number of rotatable bonds is 7. The van der Waals surface area contributed by atoms with Gasteiger partial charge in [0.25, 0.3) is 5.91 Å². The average molecular weight is 485 g/mol. The van der Waals surface area contributed by atoms with Crippen molar-refractivity contribution in [3.8, 4) is 11.4 Å². The first-order chi connectivity index (χ1) is 15.8. The highest BCUT2D eigenvalue weighted by molar-refractivity contribution is 5.94. The predicted octanol–water partition coefficient (Wildman–Crippen LogP) is 6.12. The van der Waals surface area contributed by atoms with Gasteiger partial charge in [-0.15, -0.1) is 0 Å². The summed E-state index contributed by atoms with van der Waals surface area (Å²) >= 11 is 0. The quantitative estimate of drug-likeness (QED) is 0.379. The molecule has 0 N–H and O–H groups in total. The Kier molecular flexibility index (Phi) is 7.32. The molecule has 182 valence electrons. The fraction of sp³-hybridized carbons (Fsp3) is 0.348. The van der Waals surface area contributed by atoms with E-state index in [0.29, 0.717) is 6.54 Å². The number of alkyl halides is 6. The van der Waals surface area contributed by atoms with E-state index in [1.54, 1.807) is 0 Å². The van der Waals surface area contributed by atoms with Gasteiger partial charge in [0.1, 0.15) is 0 Å². The summed E-state index contributed by atoms with van der Waals surface area (Å²) < 4.78 is 82.3. The van der Waals surface area contributed by atoms with Crippen molar-refractivity contribution in [2.45, 2.75) is 32.6 Å². The molecular formula is C23H21F6N3O2. The van der Waals surface area contributed by atoms with E-state index in [0.717, 1.165) is 36.4 Å². The molecule has 1 amide bonds. The van der Waals surface area contributed by atoms with Crippen LogP contribution in [0.4, 0.5) is 26.3 Å². The van der Waals surface area contributed by atoms with Crippen LogP contribution in [0.3, 0.4) is 0 Å². The first-order valence-corrected chi connectivity index (χ1v) is 10.3. The highest BCUT2D eigenvalue weighted by Gasteiger charge is 2.31. The zero-order chi connectivity index (χ0) is 25.1. The van der Waals surface area contributed by atoms with Crippen molar-refractivity contribution in [2.75, 3.05) is 13.1 Å². The van der Waals surface area contributed by atoms with Crippen LogP contribution in [0.15, 0.2) is 53.1 Å². The van der Waals surface area contributed by atoms with Crippen LogP contribution in [-0.2, 0) is 18.8 Å². The molecule has 0 atom stereocenters. The molecule has 0 bridgehead atoms. The summed E-state index contributed by atoms with van der Waals surface area (Å²) in [4.78, 5) is 18.5. The second kappa shape index (κ2) is 9.86. The van der Waals surface area contributed by atoms with Gasteiger partial charge in [0.05, 0.1) is 11.1 Å². The van der Waals surface area contributed by atoms with Crippen LogP contribution in [0.2, 0.25) is 0 Å². The summed E-state index contributed by atoms with van der Waals surface area (Å²) in [6, 6.07) is 8.44. The van der Waals surface area contributed by atoms with Crippen LogP contribution in [0.5, 0.6) is 0 Å². The van der Waals surface area contributed by atoms with E-state index >= 15 is 0 Å². The molecule has 0 aliphatic carbocycles. The molecule has 11 heteroatoms. The lowest BCUT2D eigenvalue weighted by molar-refractivity contribution is -0.138. The Morgan fingerprint density at radius 1 is 0.971 bits per heavy atom. The van der Waals surface area contributed by atoms with Gasteiger partial charge in [0.15, 0.2) is 0 Å². The highest BCUT2D eigenvalue weighted by atomic mass is 19.4. The first-order valence-electron chi connectivity index (χ1n) is 10.3. The largest absolute Gasteiger partial charge is 0.416 e. The topological polar surface area (TPSA) is 59.2 Å². The summed E-state index contributed by atoms with van der Waals surface area (Å²) in [7, 11) is 0. The molecule has 3 aromatic rings. The zero-order valence-corrected chi connectivity index (χ0v) is 18.2. The molecule has 0 radical (unpaired) electrons. The molecule has 2 aromatic carbocycles. The third kappa shape index (κ3) is 6.36. The molecule has 0 aliphatic heterocycles. The van der Waals surface area contributed by atoms with E-state index in [1.165, 1.54) is 17.0 Å². The number of nitrogens with zero attached hydrogens (tertiary/aromatic N) is 3. The monoisotopic (exact) mass is 485 g/mol. The maximum absolute atomic E-state index is 12.9. The third-order valence-electron chi connectivity index (χ3n) is 4.84. The number of aromatic nitrogens is 2. The fourth-order valence-electron chi connectivity index (χ4n) is 3.24. The van der Waals surface area contributed by atoms with Gasteiger partial charge < -0.3 is 9.42 Å². The molecule has 0 saturated carbocycles. The van der Waals surface area contributed by atoms with Crippen molar-refractivity contribution in [2.24, 2.45) is 5.92 Å². The minimum atomic E-state index is -4.52. The first kappa shape index (κ1) is 25.3. The standard InChI is InChI=1S/C23H21F6N3O2/c1-14(2)13-32(21(33)15-6-8-17(9-7-15)22(24,25)26)11-10-19-30-20(31-34-19)16-4-3-5-18(12-16)23(27,28)29/h3-9,12,14H,10-11,13H2,1-2H3. The Labute approximate surface area is 191 Å². The zero-order valence-electron chi connectivity index (χ0n) is 18.2. The smallest absolute Gasteiger partial charge is 0.339 e. The number of benzene rings is 2. The third-order valence-corrected chi connectivity index (χ3v) is 4.84. The highest BCUT2D eigenvalue weighted by Crippen LogP contribution is 2.32. The summed E-state index contributed by atoms with van der Waals surface area (Å²) in [5.74, 6) is -0.297. The van der Waals surface area contributed by atoms with Gasteiger partial charge in [-0.05, 0) is 42.3 Å². The minimum absolute atomic E-state index is 0.0226. The van der Waals surface area contributed by atoms with Gasteiger partial charge in [0, 0.05) is 30.6 Å². The van der Waals surface area contributed by atoms with E-state index in [2.05, 4.69) is 10.1 Å². The summed E-state index contributed by atoms with van der Waals surface area (Å²) in [5, 5.41) is 3.72. The number of hydrogen-bond acceptors (Lipinski definition) is 4. The second-order valence-corrected chi connectivity index (χ2v) is 8.06. The summed E-state index contributed by atoms with van der Waals surface area (Å²) in [5.41, 5.74) is -1.47. The maximum atomic E-state index is 12.9. The summed E-state index contributed by atoms with van der Waals surface area (Å²) in [6.45, 7) is 4.22. The molecule has 0 unspecified atom stereocenters. The molecule has 1 aromatic heterocycles. The average Bonchev–Trinajstić information content (AvgIpc) is 3.24. The molecule has 0 aliphatic rings. The number of hydrogen-bond donors (Lipinski definition) is 0. The van der Waals surface area contributed by atoms with E-state index in [9.17, 15) is 31.1 Å². The molecular weight excluding hydrogens is 464 g/mol. The Balaban J connectivity index is 1.73. The maximum Gasteiger partial charge on any atom is 0.416 e. The lowest BCUT2D eigenvalue weighted by Gasteiger charge is -2.24. The van der Waals surface area contributed by atoms with Crippen molar-refractivity contribution in [3.63, 3.8) is 0 Å². The van der Waals surface area contributed by atoms with Crippen molar-refractivity contribution < 1.29 is 35.7 Å². The van der Waals surface area contributed by atoms with Gasteiger partial charge in [-0.2, -0.15) is 31.3 Å². The number of carbonyl (C=O) groups excluding carboxylic acids is 1. The van der Waals surface area contributed by atoms with Crippen LogP contribution >= 0.6 is 0 Å². The van der Waals surface area contributed by atoms with Crippen LogP contribution in [0, 0.1) is 5.92 Å². The number of amides is 1. The Morgan fingerprint density at radius 2 is 1.62 bits per heavy atom. The number of carbonyl (C=O) groups is 1. The van der Waals surface area contributed by atoms with Gasteiger partial charge in [-0.3, -0.25) is 4.79 Å². The molecule has 34 heavy (non-hydrogen) atoms.